The van der Waals surface area contributed by atoms with E-state index in [1.165, 1.54) is 7.11 Å². The molecule has 0 unspecified atom stereocenters. The Bertz CT molecular complexity index is 1790. The number of rotatable bonds is 4. The Labute approximate surface area is 278 Å². The van der Waals surface area contributed by atoms with Crippen LogP contribution in [0.3, 0.4) is 0 Å². The number of likely N-dealkylation sites (tertiary alicyclic amines) is 1. The summed E-state index contributed by atoms with van der Waals surface area (Å²) in [5.74, 6) is 1.28. The molecule has 48 heavy (non-hydrogen) atoms. The van der Waals surface area contributed by atoms with E-state index in [0.29, 0.717) is 59.3 Å². The second-order valence-corrected chi connectivity index (χ2v) is 11.8. The van der Waals surface area contributed by atoms with E-state index in [2.05, 4.69) is 20.8 Å². The normalized spacial score (nSPS) is 18.5. The molecule has 4 heterocycles. The van der Waals surface area contributed by atoms with Crippen molar-refractivity contribution < 1.29 is 33.3 Å². The van der Waals surface area contributed by atoms with Crippen LogP contribution < -0.4 is 29.6 Å². The molecule has 4 bridgehead atoms. The largest absolute Gasteiger partial charge is 0.496 e. The lowest BCUT2D eigenvalue weighted by molar-refractivity contribution is -0.125. The lowest BCUT2D eigenvalue weighted by Gasteiger charge is -2.39. The van der Waals surface area contributed by atoms with Crippen LogP contribution in [0.4, 0.5) is 0 Å². The van der Waals surface area contributed by atoms with Gasteiger partial charge in [0.2, 0.25) is 5.91 Å². The average molecular weight is 654 g/mol. The molecule has 250 valence electrons. The van der Waals surface area contributed by atoms with Crippen LogP contribution in [-0.2, 0) is 22.6 Å². The first-order valence-corrected chi connectivity index (χ1v) is 15.9. The van der Waals surface area contributed by atoms with E-state index >= 15 is 0 Å². The van der Waals surface area contributed by atoms with Crippen LogP contribution >= 0.6 is 0 Å². The molecule has 0 saturated carbocycles. The number of fused-ring (bicyclic) bond motifs is 9. The highest BCUT2D eigenvalue weighted by Gasteiger charge is 2.36. The van der Waals surface area contributed by atoms with Gasteiger partial charge >= 0.3 is 0 Å². The van der Waals surface area contributed by atoms with Crippen molar-refractivity contribution in [2.75, 3.05) is 33.9 Å². The zero-order chi connectivity index (χ0) is 33.6. The molecule has 1 saturated heterocycles. The number of hydrogen-bond acceptors (Lipinski definition) is 8. The molecule has 0 aliphatic carbocycles. The summed E-state index contributed by atoms with van der Waals surface area (Å²) in [6.07, 6.45) is 0.718. The molecule has 3 N–H and O–H groups in total. The van der Waals surface area contributed by atoms with Gasteiger partial charge in [0, 0.05) is 55.4 Å². The second-order valence-electron chi connectivity index (χ2n) is 11.8. The van der Waals surface area contributed by atoms with Crippen molar-refractivity contribution in [2.24, 2.45) is 0 Å². The number of aromatic nitrogens is 2. The smallest absolute Gasteiger partial charge is 0.258 e. The predicted molar refractivity (Wildman–Crippen MR) is 177 cm³/mol. The van der Waals surface area contributed by atoms with E-state index in [9.17, 15) is 14.4 Å². The SMILES string of the molecule is COc1cc2ccc1CNC(=O)CCc1ccc(OC)c(c1)OCC(=O)N[C@@H]1CN(C(=O)c3c(-c4ccccc4)n[nH]c3C)CC[C@@H]1O2. The summed E-state index contributed by atoms with van der Waals surface area (Å²) < 4.78 is 23.5. The average Bonchev–Trinajstić information content (AvgIpc) is 3.50. The Morgan fingerprint density at radius 3 is 2.56 bits per heavy atom. The second kappa shape index (κ2) is 14.5. The van der Waals surface area contributed by atoms with Gasteiger partial charge in [0.25, 0.3) is 11.8 Å². The number of piperidine rings is 1. The van der Waals surface area contributed by atoms with Crippen LogP contribution in [0.5, 0.6) is 23.0 Å². The summed E-state index contributed by atoms with van der Waals surface area (Å²) in [5, 5.41) is 13.4. The number of carbonyl (C=O) groups excluding carboxylic acids is 3. The highest BCUT2D eigenvalue weighted by molar-refractivity contribution is 6.01. The highest BCUT2D eigenvalue weighted by atomic mass is 16.5. The van der Waals surface area contributed by atoms with Gasteiger partial charge in [-0.05, 0) is 43.2 Å². The Balaban J connectivity index is 1.28. The zero-order valence-electron chi connectivity index (χ0n) is 27.2. The molecule has 2 atom stereocenters. The van der Waals surface area contributed by atoms with E-state index in [1.54, 1.807) is 30.2 Å². The van der Waals surface area contributed by atoms with Crippen LogP contribution in [0, 0.1) is 6.92 Å². The lowest BCUT2D eigenvalue weighted by Crippen LogP contribution is -2.58. The summed E-state index contributed by atoms with van der Waals surface area (Å²) in [5.41, 5.74) is 4.22. The van der Waals surface area contributed by atoms with Crippen molar-refractivity contribution in [1.82, 2.24) is 25.7 Å². The van der Waals surface area contributed by atoms with Gasteiger partial charge in [-0.2, -0.15) is 5.10 Å². The third-order valence-corrected chi connectivity index (χ3v) is 8.64. The number of carbonyl (C=O) groups is 3. The van der Waals surface area contributed by atoms with Gasteiger partial charge in [-0.3, -0.25) is 19.5 Å². The molecule has 7 rings (SSSR count). The van der Waals surface area contributed by atoms with E-state index in [-0.39, 0.29) is 43.8 Å². The first-order chi connectivity index (χ1) is 23.3. The first-order valence-electron chi connectivity index (χ1n) is 15.9. The molecule has 0 radical (unpaired) electrons. The molecule has 3 amide bonds. The molecular formula is C36H39N5O7. The number of amides is 3. The Morgan fingerprint density at radius 2 is 1.77 bits per heavy atom. The predicted octanol–water partition coefficient (Wildman–Crippen LogP) is 3.82. The number of H-pyrrole nitrogens is 1. The maximum Gasteiger partial charge on any atom is 0.258 e. The molecule has 3 aliphatic heterocycles. The van der Waals surface area contributed by atoms with Crippen molar-refractivity contribution in [3.8, 4) is 34.3 Å². The fraction of sp³-hybridized carbons (Fsp3) is 0.333. The summed E-state index contributed by atoms with van der Waals surface area (Å²) >= 11 is 0. The van der Waals surface area contributed by atoms with Gasteiger partial charge in [-0.15, -0.1) is 0 Å². The number of aromatic amines is 1. The molecule has 0 spiro atoms. The van der Waals surface area contributed by atoms with Crippen molar-refractivity contribution in [3.63, 3.8) is 0 Å². The number of nitrogens with one attached hydrogen (secondary N) is 3. The topological polar surface area (TPSA) is 144 Å². The minimum Gasteiger partial charge on any atom is -0.496 e. The molecular weight excluding hydrogens is 614 g/mol. The van der Waals surface area contributed by atoms with Crippen LogP contribution in [0.1, 0.15) is 40.0 Å². The fourth-order valence-electron chi connectivity index (χ4n) is 6.09. The Morgan fingerprint density at radius 1 is 0.958 bits per heavy atom. The van der Waals surface area contributed by atoms with E-state index < -0.39 is 12.1 Å². The maximum atomic E-state index is 14.1. The molecule has 4 aromatic rings. The van der Waals surface area contributed by atoms with Gasteiger partial charge in [-0.1, -0.05) is 36.4 Å². The number of methoxy groups -OCH3 is 2. The zero-order valence-corrected chi connectivity index (χ0v) is 27.2. The quantitative estimate of drug-likeness (QED) is 0.302. The third-order valence-electron chi connectivity index (χ3n) is 8.64. The van der Waals surface area contributed by atoms with E-state index in [1.807, 2.05) is 55.5 Å². The summed E-state index contributed by atoms with van der Waals surface area (Å²) in [6.45, 7) is 2.42. The van der Waals surface area contributed by atoms with Gasteiger partial charge in [0.15, 0.2) is 18.1 Å². The Hall–Kier alpha value is -5.52. The summed E-state index contributed by atoms with van der Waals surface area (Å²) in [4.78, 5) is 41.9. The Kier molecular flexibility index (Phi) is 9.79. The van der Waals surface area contributed by atoms with Crippen molar-refractivity contribution >= 4 is 17.7 Å². The summed E-state index contributed by atoms with van der Waals surface area (Å²) in [6, 6.07) is 19.8. The van der Waals surface area contributed by atoms with E-state index in [0.717, 1.165) is 16.7 Å². The maximum absolute atomic E-state index is 14.1. The van der Waals surface area contributed by atoms with Crippen LogP contribution in [0.2, 0.25) is 0 Å². The standard InChI is InChI=1S/C36H39N5O7/c1-22-34(35(40-39-22)24-7-5-4-6-8-24)36(44)41-16-15-28-27(20-41)38-33(43)21-47-31-17-23(9-13-29(31)45-2)10-14-32(42)37-19-25-11-12-26(48-28)18-30(25)46-3/h4-9,11-13,17-18,27-28H,10,14-16,19-21H2,1-3H3,(H,37,42)(H,38,43)(H,39,40)/t27-,28+/m1/s1. The molecule has 3 aromatic carbocycles. The molecule has 1 fully saturated rings. The van der Waals surface area contributed by atoms with Crippen LogP contribution in [0.15, 0.2) is 66.7 Å². The third kappa shape index (κ3) is 7.22. The highest BCUT2D eigenvalue weighted by Crippen LogP contribution is 2.31. The monoisotopic (exact) mass is 653 g/mol. The number of benzene rings is 3. The van der Waals surface area contributed by atoms with E-state index in [4.69, 9.17) is 18.9 Å². The number of aryl methyl sites for hydroxylation is 2. The number of ether oxygens (including phenoxy) is 4. The van der Waals surface area contributed by atoms with Gasteiger partial charge < -0.3 is 34.5 Å². The van der Waals surface area contributed by atoms with Crippen molar-refractivity contribution in [1.29, 1.82) is 0 Å². The van der Waals surface area contributed by atoms with Gasteiger partial charge in [0.1, 0.15) is 23.3 Å². The molecule has 1 aromatic heterocycles. The number of nitrogens with zero attached hydrogens (tertiary/aromatic N) is 2. The molecule has 12 nitrogen and oxygen atoms in total. The fourth-order valence-corrected chi connectivity index (χ4v) is 6.09. The molecule has 12 heteroatoms. The lowest BCUT2D eigenvalue weighted by atomic mass is 9.99. The molecule has 3 aliphatic rings. The van der Waals surface area contributed by atoms with Crippen LogP contribution in [0.25, 0.3) is 11.3 Å². The first kappa shape index (κ1) is 32.4. The minimum absolute atomic E-state index is 0.112. The van der Waals surface area contributed by atoms with Crippen molar-refractivity contribution in [3.05, 3.63) is 89.1 Å². The van der Waals surface area contributed by atoms with Crippen LogP contribution in [-0.4, -0.2) is 78.9 Å². The number of hydrogen-bond donors (Lipinski definition) is 3. The van der Waals surface area contributed by atoms with Crippen molar-refractivity contribution in [2.45, 2.75) is 44.9 Å². The summed E-state index contributed by atoms with van der Waals surface area (Å²) in [7, 11) is 3.09. The van der Waals surface area contributed by atoms with Gasteiger partial charge in [-0.25, -0.2) is 0 Å². The van der Waals surface area contributed by atoms with Gasteiger partial charge in [0.05, 0.1) is 25.8 Å². The minimum atomic E-state index is -0.563.